The molecule has 4 aromatic heterocycles. The van der Waals surface area contributed by atoms with Crippen LogP contribution in [0.1, 0.15) is 21.7 Å². The van der Waals surface area contributed by atoms with Gasteiger partial charge in [-0.3, -0.25) is 0 Å². The number of carbonyl (C=O) groups is 1. The molecule has 0 atom stereocenters. The second-order valence-corrected chi connectivity index (χ2v) is 6.65. The molecule has 0 aromatic carbocycles. The van der Waals surface area contributed by atoms with Gasteiger partial charge in [0, 0.05) is 23.7 Å². The number of carbonyl (C=O) groups excluding carboxylic acids is 1. The number of rotatable bonds is 3. The first kappa shape index (κ1) is 15.4. The number of fused-ring (bicyclic) bond motifs is 1. The van der Waals surface area contributed by atoms with Gasteiger partial charge in [0.15, 0.2) is 5.65 Å². The van der Waals surface area contributed by atoms with Crippen molar-refractivity contribution in [3.05, 3.63) is 52.8 Å². The summed E-state index contributed by atoms with van der Waals surface area (Å²) >= 11 is 1.56. The maximum Gasteiger partial charge on any atom is 0.157 e. The van der Waals surface area contributed by atoms with Crippen molar-refractivity contribution in [2.75, 3.05) is 5.73 Å². The molecule has 0 radical (unpaired) electrons. The molecule has 0 spiro atoms. The lowest BCUT2D eigenvalue weighted by Gasteiger charge is -2.09. The van der Waals surface area contributed by atoms with Crippen molar-refractivity contribution in [2.45, 2.75) is 13.8 Å². The maximum atomic E-state index is 11.1. The predicted octanol–water partition coefficient (Wildman–Crippen LogP) is 1.81. The highest BCUT2D eigenvalue weighted by Gasteiger charge is 2.17. The van der Waals surface area contributed by atoms with Gasteiger partial charge in [-0.15, -0.1) is 11.3 Å². The van der Waals surface area contributed by atoms with E-state index in [1.807, 2.05) is 25.3 Å². The van der Waals surface area contributed by atoms with Gasteiger partial charge in [-0.05, 0) is 37.4 Å². The highest BCUT2D eigenvalue weighted by Crippen LogP contribution is 2.34. The molecule has 0 aliphatic heterocycles. The van der Waals surface area contributed by atoms with Crippen molar-refractivity contribution >= 4 is 28.8 Å². The van der Waals surface area contributed by atoms with Gasteiger partial charge >= 0.3 is 0 Å². The number of nitrogens with two attached hydrogens (primary N) is 1. The van der Waals surface area contributed by atoms with E-state index in [1.54, 1.807) is 17.4 Å². The zero-order valence-electron chi connectivity index (χ0n) is 13.6. The van der Waals surface area contributed by atoms with Crippen LogP contribution in [0, 0.1) is 13.8 Å². The first-order chi connectivity index (χ1) is 12.0. The van der Waals surface area contributed by atoms with Gasteiger partial charge in [0.1, 0.15) is 11.5 Å². The van der Waals surface area contributed by atoms with Crippen LogP contribution in [0.5, 0.6) is 0 Å². The van der Waals surface area contributed by atoms with E-state index < -0.39 is 5.97 Å². The van der Waals surface area contributed by atoms with Gasteiger partial charge in [-0.2, -0.15) is 9.61 Å². The summed E-state index contributed by atoms with van der Waals surface area (Å²) < 4.78 is 3.48. The van der Waals surface area contributed by atoms with E-state index in [9.17, 15) is 9.90 Å². The quantitative estimate of drug-likeness (QED) is 0.606. The van der Waals surface area contributed by atoms with Crippen molar-refractivity contribution in [3.63, 3.8) is 0 Å². The average molecular weight is 352 g/mol. The fourth-order valence-electron chi connectivity index (χ4n) is 2.94. The van der Waals surface area contributed by atoms with E-state index in [-0.39, 0.29) is 11.4 Å². The van der Waals surface area contributed by atoms with Crippen molar-refractivity contribution in [1.29, 1.82) is 0 Å². The summed E-state index contributed by atoms with van der Waals surface area (Å²) in [7, 11) is 0. The average Bonchev–Trinajstić information content (AvgIpc) is 3.25. The van der Waals surface area contributed by atoms with E-state index in [2.05, 4.69) is 26.8 Å². The lowest BCUT2D eigenvalue weighted by atomic mass is 10.3. The fraction of sp³-hybridized carbons (Fsp3) is 0.118. The van der Waals surface area contributed by atoms with Crippen LogP contribution < -0.4 is 10.8 Å². The van der Waals surface area contributed by atoms with Gasteiger partial charge in [0.2, 0.25) is 0 Å². The summed E-state index contributed by atoms with van der Waals surface area (Å²) in [5, 5.41) is 17.6. The van der Waals surface area contributed by atoms with Crippen LogP contribution in [0.15, 0.2) is 35.8 Å². The van der Waals surface area contributed by atoms with Crippen molar-refractivity contribution in [2.24, 2.45) is 0 Å². The van der Waals surface area contributed by atoms with Crippen LogP contribution in [0.3, 0.4) is 0 Å². The normalized spacial score (nSPS) is 11.3. The Balaban J connectivity index is 1.91. The molecule has 0 saturated carbocycles. The minimum Gasteiger partial charge on any atom is -0.545 e. The topological polar surface area (TPSA) is 101 Å². The monoisotopic (exact) mass is 352 g/mol. The van der Waals surface area contributed by atoms with E-state index >= 15 is 0 Å². The predicted molar refractivity (Wildman–Crippen MR) is 93.8 cm³/mol. The zero-order valence-corrected chi connectivity index (χ0v) is 14.4. The Morgan fingerprint density at radius 3 is 2.64 bits per heavy atom. The SMILES string of the molecule is Cc1ccc(C)n1-c1ccsc1-c1cc2ncc(C(=O)[O-])c(N)n2n1. The van der Waals surface area contributed by atoms with E-state index in [0.717, 1.165) is 22.0 Å². The molecule has 126 valence electrons. The molecule has 0 fully saturated rings. The third-order valence-corrected chi connectivity index (χ3v) is 5.06. The zero-order chi connectivity index (χ0) is 17.7. The van der Waals surface area contributed by atoms with Gasteiger partial charge in [-0.25, -0.2) is 4.98 Å². The summed E-state index contributed by atoms with van der Waals surface area (Å²) in [5.41, 5.74) is 10.2. The number of aromatic carboxylic acids is 1. The van der Waals surface area contributed by atoms with Crippen molar-refractivity contribution in [1.82, 2.24) is 19.2 Å². The Morgan fingerprint density at radius 2 is 1.96 bits per heavy atom. The Kier molecular flexibility index (Phi) is 3.36. The first-order valence-electron chi connectivity index (χ1n) is 7.56. The van der Waals surface area contributed by atoms with Gasteiger partial charge in [0.05, 0.1) is 22.1 Å². The molecule has 8 heteroatoms. The molecule has 2 N–H and O–H groups in total. The van der Waals surface area contributed by atoms with Crippen LogP contribution >= 0.6 is 11.3 Å². The number of aromatic nitrogens is 4. The Labute approximate surface area is 147 Å². The van der Waals surface area contributed by atoms with E-state index in [0.29, 0.717) is 11.3 Å². The molecule has 7 nitrogen and oxygen atoms in total. The highest BCUT2D eigenvalue weighted by atomic mass is 32.1. The number of hydrogen-bond donors (Lipinski definition) is 1. The number of nitrogens with zero attached hydrogens (tertiary/aromatic N) is 4. The lowest BCUT2D eigenvalue weighted by molar-refractivity contribution is -0.255. The minimum absolute atomic E-state index is 0.00248. The van der Waals surface area contributed by atoms with Crippen LogP contribution in [-0.2, 0) is 0 Å². The number of anilines is 1. The molecule has 0 bridgehead atoms. The van der Waals surface area contributed by atoms with Crippen LogP contribution in [0.2, 0.25) is 0 Å². The largest absolute Gasteiger partial charge is 0.545 e. The van der Waals surface area contributed by atoms with Crippen LogP contribution in [0.4, 0.5) is 5.82 Å². The van der Waals surface area contributed by atoms with Gasteiger partial charge in [-0.1, -0.05) is 0 Å². The van der Waals surface area contributed by atoms with E-state index in [1.165, 1.54) is 10.7 Å². The van der Waals surface area contributed by atoms with Crippen molar-refractivity contribution < 1.29 is 9.90 Å². The lowest BCUT2D eigenvalue weighted by Crippen LogP contribution is -2.25. The molecule has 0 amide bonds. The number of aryl methyl sites for hydroxylation is 2. The molecule has 4 rings (SSSR count). The third kappa shape index (κ3) is 2.30. The van der Waals surface area contributed by atoms with Crippen LogP contribution in [-0.4, -0.2) is 25.1 Å². The second kappa shape index (κ2) is 5.45. The molecular weight excluding hydrogens is 338 g/mol. The third-order valence-electron chi connectivity index (χ3n) is 4.13. The Morgan fingerprint density at radius 1 is 1.24 bits per heavy atom. The Hall–Kier alpha value is -3.13. The van der Waals surface area contributed by atoms with Crippen molar-refractivity contribution in [3.8, 4) is 16.3 Å². The molecule has 4 aromatic rings. The molecule has 0 aliphatic carbocycles. The Bertz CT molecular complexity index is 1100. The summed E-state index contributed by atoms with van der Waals surface area (Å²) in [6.07, 6.45) is 1.20. The second-order valence-electron chi connectivity index (χ2n) is 5.73. The number of carboxylic acids is 1. The minimum atomic E-state index is -1.38. The summed E-state index contributed by atoms with van der Waals surface area (Å²) in [6.45, 7) is 4.09. The van der Waals surface area contributed by atoms with E-state index in [4.69, 9.17) is 5.73 Å². The molecule has 0 aliphatic rings. The highest BCUT2D eigenvalue weighted by molar-refractivity contribution is 7.14. The molecule has 0 saturated heterocycles. The van der Waals surface area contributed by atoms with Gasteiger partial charge < -0.3 is 20.2 Å². The summed E-state index contributed by atoms with van der Waals surface area (Å²) in [5.74, 6) is -1.37. The molecule has 0 unspecified atom stereocenters. The molecule has 25 heavy (non-hydrogen) atoms. The number of nitrogen functional groups attached to an aromatic ring is 1. The first-order valence-corrected chi connectivity index (χ1v) is 8.44. The fourth-order valence-corrected chi connectivity index (χ4v) is 3.77. The molecular formula is C17H14N5O2S-. The maximum absolute atomic E-state index is 11.1. The number of carboxylic acid groups (broad SMARTS) is 1. The smallest absolute Gasteiger partial charge is 0.157 e. The van der Waals surface area contributed by atoms with Crippen LogP contribution in [0.25, 0.3) is 21.9 Å². The number of hydrogen-bond acceptors (Lipinski definition) is 6. The molecule has 4 heterocycles. The summed E-state index contributed by atoms with van der Waals surface area (Å²) in [4.78, 5) is 16.2. The summed E-state index contributed by atoms with van der Waals surface area (Å²) in [6, 6.07) is 7.95. The standard InChI is InChI=1S/C17H15N5O2S/c1-9-3-4-10(2)21(9)13-5-6-25-15(13)12-7-14-19-8-11(17(23)24)16(18)22(14)20-12/h3-8H,18H2,1-2H3,(H,23,24)/p-1. The van der Waals surface area contributed by atoms with Gasteiger partial charge in [0.25, 0.3) is 0 Å². The number of thiophene rings is 1.